The molecule has 29 heavy (non-hydrogen) atoms. The molecule has 0 aliphatic rings. The van der Waals surface area contributed by atoms with E-state index in [2.05, 4.69) is 5.16 Å². The number of ketones is 1. The quantitative estimate of drug-likeness (QED) is 0.253. The van der Waals surface area contributed by atoms with Gasteiger partial charge in [-0.3, -0.25) is 4.79 Å². The minimum Gasteiger partial charge on any atom is -0.454 e. The molecule has 3 aromatic rings. The zero-order valence-electron chi connectivity index (χ0n) is 15.7. The van der Waals surface area contributed by atoms with Crippen molar-refractivity contribution in [3.8, 4) is 0 Å². The Labute approximate surface area is 182 Å². The maximum Gasteiger partial charge on any atom is 0.339 e. The van der Waals surface area contributed by atoms with Crippen LogP contribution in [0.4, 0.5) is 0 Å². The summed E-state index contributed by atoms with van der Waals surface area (Å²) in [6, 6.07) is 11.6. The highest BCUT2D eigenvalue weighted by atomic mass is 35.5. The average molecular weight is 450 g/mol. The van der Waals surface area contributed by atoms with E-state index < -0.39 is 18.4 Å². The fraction of sp³-hybridized carbons (Fsp3) is 0.190. The van der Waals surface area contributed by atoms with Crippen LogP contribution in [0, 0.1) is 13.8 Å². The van der Waals surface area contributed by atoms with E-state index in [4.69, 9.17) is 32.5 Å². The van der Waals surface area contributed by atoms with E-state index >= 15 is 0 Å². The van der Waals surface area contributed by atoms with Gasteiger partial charge in [0.2, 0.25) is 5.78 Å². The Kier molecular flexibility index (Phi) is 7.00. The first-order valence-corrected chi connectivity index (χ1v) is 10.4. The van der Waals surface area contributed by atoms with Crippen LogP contribution >= 0.6 is 35.0 Å². The summed E-state index contributed by atoms with van der Waals surface area (Å²) in [5.41, 5.74) is 2.45. The van der Waals surface area contributed by atoms with Crippen molar-refractivity contribution in [1.82, 2.24) is 5.16 Å². The van der Waals surface area contributed by atoms with E-state index in [1.807, 2.05) is 26.0 Å². The number of hydrogen-bond acceptors (Lipinski definition) is 6. The van der Waals surface area contributed by atoms with Gasteiger partial charge in [-0.1, -0.05) is 40.5 Å². The van der Waals surface area contributed by atoms with Gasteiger partial charge in [0.1, 0.15) is 5.76 Å². The van der Waals surface area contributed by atoms with Crippen LogP contribution in [-0.2, 0) is 10.5 Å². The predicted molar refractivity (Wildman–Crippen MR) is 113 cm³/mol. The molecule has 0 fully saturated rings. The van der Waals surface area contributed by atoms with Crippen molar-refractivity contribution >= 4 is 46.7 Å². The number of carbonyl (C=O) groups is 2. The molecule has 0 radical (unpaired) electrons. The number of benzene rings is 2. The van der Waals surface area contributed by atoms with Gasteiger partial charge in [0.05, 0.1) is 16.3 Å². The number of rotatable bonds is 7. The number of esters is 1. The van der Waals surface area contributed by atoms with Crippen molar-refractivity contribution in [2.75, 3.05) is 6.61 Å². The van der Waals surface area contributed by atoms with E-state index in [0.717, 1.165) is 21.9 Å². The molecule has 5 nitrogen and oxygen atoms in total. The summed E-state index contributed by atoms with van der Waals surface area (Å²) in [6.45, 7) is 3.31. The monoisotopic (exact) mass is 449 g/mol. The molecule has 8 heteroatoms. The third-order valence-electron chi connectivity index (χ3n) is 4.23. The number of hydrogen-bond donors (Lipinski definition) is 0. The lowest BCUT2D eigenvalue weighted by Crippen LogP contribution is -2.15. The fourth-order valence-electron chi connectivity index (χ4n) is 2.62. The normalized spacial score (nSPS) is 10.8. The Bertz CT molecular complexity index is 1050. The molecule has 1 heterocycles. The van der Waals surface area contributed by atoms with Crippen LogP contribution in [-0.4, -0.2) is 23.5 Å². The number of aromatic nitrogens is 1. The van der Waals surface area contributed by atoms with Gasteiger partial charge in [-0.15, -0.1) is 11.8 Å². The maximum atomic E-state index is 12.6. The first kappa shape index (κ1) is 21.4. The summed E-state index contributed by atoms with van der Waals surface area (Å²) in [5, 5.41) is 4.58. The van der Waals surface area contributed by atoms with Gasteiger partial charge in [-0.2, -0.15) is 0 Å². The van der Waals surface area contributed by atoms with Gasteiger partial charge in [-0.05, 0) is 44.2 Å². The molecule has 0 bridgehead atoms. The molecule has 150 valence electrons. The molecular formula is C21H17Cl2NO4S. The van der Waals surface area contributed by atoms with E-state index in [0.29, 0.717) is 16.3 Å². The Balaban J connectivity index is 1.67. The number of aryl methyl sites for hydroxylation is 2. The van der Waals surface area contributed by atoms with Crippen LogP contribution in [0.15, 0.2) is 51.9 Å². The third kappa shape index (κ3) is 5.21. The van der Waals surface area contributed by atoms with Crippen LogP contribution < -0.4 is 0 Å². The molecular weight excluding hydrogens is 433 g/mol. The first-order chi connectivity index (χ1) is 13.9. The van der Waals surface area contributed by atoms with Gasteiger partial charge in [0.25, 0.3) is 0 Å². The number of nitrogens with zero attached hydrogens (tertiary/aromatic N) is 1. The van der Waals surface area contributed by atoms with Gasteiger partial charge in [0.15, 0.2) is 6.61 Å². The standard InChI is InChI=1S/C21H17Cl2NO4S/c1-12-17(13(2)28-24-12)11-29-20-6-4-3-5-16(20)21(26)27-10-19(25)15-8-7-14(22)9-18(15)23/h3-9H,10-11H2,1-2H3. The minimum atomic E-state index is -0.578. The SMILES string of the molecule is Cc1noc(C)c1CSc1ccccc1C(=O)OCC(=O)c1ccc(Cl)cc1Cl. The molecule has 0 spiro atoms. The molecule has 3 rings (SSSR count). The second-order valence-corrected chi connectivity index (χ2v) is 8.07. The largest absolute Gasteiger partial charge is 0.454 e. The Morgan fingerprint density at radius 1 is 1.10 bits per heavy atom. The van der Waals surface area contributed by atoms with Crippen molar-refractivity contribution in [1.29, 1.82) is 0 Å². The molecule has 0 amide bonds. The fourth-order valence-corrected chi connectivity index (χ4v) is 4.33. The lowest BCUT2D eigenvalue weighted by Gasteiger charge is -2.10. The molecule has 0 N–H and O–H groups in total. The van der Waals surface area contributed by atoms with Crippen LogP contribution in [0.3, 0.4) is 0 Å². The van der Waals surface area contributed by atoms with Gasteiger partial charge >= 0.3 is 5.97 Å². The molecule has 0 saturated carbocycles. The summed E-state index contributed by atoms with van der Waals surface area (Å²) in [6.07, 6.45) is 0. The number of carbonyl (C=O) groups excluding carboxylic acids is 2. The van der Waals surface area contributed by atoms with Gasteiger partial charge in [-0.25, -0.2) is 4.79 Å². The average Bonchev–Trinajstić information content (AvgIpc) is 3.02. The smallest absolute Gasteiger partial charge is 0.339 e. The third-order valence-corrected chi connectivity index (χ3v) is 5.87. The van der Waals surface area contributed by atoms with E-state index in [1.165, 1.54) is 23.9 Å². The zero-order valence-corrected chi connectivity index (χ0v) is 18.0. The molecule has 0 saturated heterocycles. The van der Waals surface area contributed by atoms with E-state index in [-0.39, 0.29) is 10.6 Å². The molecule has 0 aliphatic heterocycles. The van der Waals surface area contributed by atoms with Crippen molar-refractivity contribution in [2.45, 2.75) is 24.5 Å². The van der Waals surface area contributed by atoms with Gasteiger partial charge in [0, 0.05) is 26.8 Å². The predicted octanol–water partition coefficient (Wildman–Crippen LogP) is 5.93. The van der Waals surface area contributed by atoms with Crippen LogP contribution in [0.1, 0.15) is 37.7 Å². The molecule has 1 aromatic heterocycles. The Morgan fingerprint density at radius 2 is 1.86 bits per heavy atom. The Morgan fingerprint density at radius 3 is 2.55 bits per heavy atom. The number of Topliss-reactive ketones (excluding diaryl/α,β-unsaturated/α-hetero) is 1. The van der Waals surface area contributed by atoms with Crippen molar-refractivity contribution in [2.24, 2.45) is 0 Å². The number of halogens is 2. The summed E-state index contributed by atoms with van der Waals surface area (Å²) in [7, 11) is 0. The Hall–Kier alpha value is -2.28. The van der Waals surface area contributed by atoms with Gasteiger partial charge < -0.3 is 9.26 Å². The lowest BCUT2D eigenvalue weighted by molar-refractivity contribution is 0.0471. The molecule has 0 unspecified atom stereocenters. The summed E-state index contributed by atoms with van der Waals surface area (Å²) < 4.78 is 10.4. The van der Waals surface area contributed by atoms with Crippen molar-refractivity contribution in [3.63, 3.8) is 0 Å². The van der Waals surface area contributed by atoms with Crippen LogP contribution in [0.25, 0.3) is 0 Å². The molecule has 0 atom stereocenters. The summed E-state index contributed by atoms with van der Waals surface area (Å²) in [5.74, 6) is 0.372. The number of thioether (sulfide) groups is 1. The van der Waals surface area contributed by atoms with Crippen LogP contribution in [0.5, 0.6) is 0 Å². The second kappa shape index (κ2) is 9.48. The molecule has 2 aromatic carbocycles. The molecule has 0 aliphatic carbocycles. The number of ether oxygens (including phenoxy) is 1. The zero-order chi connectivity index (χ0) is 21.0. The topological polar surface area (TPSA) is 69.4 Å². The summed E-state index contributed by atoms with van der Waals surface area (Å²) in [4.78, 5) is 25.6. The highest BCUT2D eigenvalue weighted by Crippen LogP contribution is 2.29. The second-order valence-electron chi connectivity index (χ2n) is 6.21. The van der Waals surface area contributed by atoms with E-state index in [9.17, 15) is 9.59 Å². The highest BCUT2D eigenvalue weighted by molar-refractivity contribution is 7.98. The van der Waals surface area contributed by atoms with E-state index in [1.54, 1.807) is 18.2 Å². The van der Waals surface area contributed by atoms with Crippen LogP contribution in [0.2, 0.25) is 10.0 Å². The lowest BCUT2D eigenvalue weighted by atomic mass is 10.1. The first-order valence-electron chi connectivity index (χ1n) is 8.65. The minimum absolute atomic E-state index is 0.217. The van der Waals surface area contributed by atoms with Crippen molar-refractivity contribution in [3.05, 3.63) is 80.7 Å². The maximum absolute atomic E-state index is 12.6. The van der Waals surface area contributed by atoms with Crippen molar-refractivity contribution < 1.29 is 18.8 Å². The highest BCUT2D eigenvalue weighted by Gasteiger charge is 2.18. The summed E-state index contributed by atoms with van der Waals surface area (Å²) >= 11 is 13.3.